The third kappa shape index (κ3) is 3.42. The van der Waals surface area contributed by atoms with Crippen LogP contribution in [0.5, 0.6) is 0 Å². The summed E-state index contributed by atoms with van der Waals surface area (Å²) in [6.45, 7) is 1.74. The quantitative estimate of drug-likeness (QED) is 0.779. The van der Waals surface area contributed by atoms with Crippen LogP contribution in [-0.2, 0) is 10.0 Å². The molecule has 0 spiro atoms. The Balaban J connectivity index is 3.14. The van der Waals surface area contributed by atoms with Crippen LogP contribution in [0.2, 0.25) is 5.15 Å². The minimum absolute atomic E-state index is 0.0776. The molecule has 0 bridgehead atoms. The highest BCUT2D eigenvalue weighted by molar-refractivity contribution is 9.10. The van der Waals surface area contributed by atoms with Gasteiger partial charge in [-0.15, -0.1) is 0 Å². The molecule has 0 fully saturated rings. The first-order valence-corrected chi connectivity index (χ1v) is 7.57. The Hall–Kier alpha value is -0.680. The summed E-state index contributed by atoms with van der Waals surface area (Å²) in [5.74, 6) is -0.399. The van der Waals surface area contributed by atoms with E-state index in [0.717, 1.165) is 4.31 Å². The van der Waals surface area contributed by atoms with Crippen LogP contribution in [0.1, 0.15) is 6.92 Å². The fourth-order valence-corrected chi connectivity index (χ4v) is 3.45. The molecule has 0 N–H and O–H groups in total. The van der Waals surface area contributed by atoms with Crippen molar-refractivity contribution in [2.45, 2.75) is 11.8 Å². The first-order chi connectivity index (χ1) is 8.28. The molecule has 5 nitrogen and oxygen atoms in total. The molecule has 1 unspecified atom stereocenters. The Morgan fingerprint density at radius 2 is 2.28 bits per heavy atom. The topological polar surface area (TPSA) is 74.1 Å². The number of sulfonamides is 1. The summed E-state index contributed by atoms with van der Waals surface area (Å²) >= 11 is 8.94. The molecule has 0 aromatic carbocycles. The molecule has 0 aliphatic heterocycles. The molecule has 0 saturated carbocycles. The Morgan fingerprint density at radius 3 is 2.83 bits per heavy atom. The number of hydrogen-bond acceptors (Lipinski definition) is 4. The summed E-state index contributed by atoms with van der Waals surface area (Å²) in [5.41, 5.74) is 0. The maximum Gasteiger partial charge on any atom is 0.245 e. The van der Waals surface area contributed by atoms with Gasteiger partial charge in [0.15, 0.2) is 0 Å². The second-order valence-corrected chi connectivity index (χ2v) is 7.05. The van der Waals surface area contributed by atoms with Gasteiger partial charge in [-0.3, -0.25) is 0 Å². The van der Waals surface area contributed by atoms with Crippen molar-refractivity contribution in [2.24, 2.45) is 5.92 Å². The van der Waals surface area contributed by atoms with E-state index in [2.05, 4.69) is 20.9 Å². The number of rotatable bonds is 4. The van der Waals surface area contributed by atoms with Crippen LogP contribution >= 0.6 is 27.5 Å². The molecule has 18 heavy (non-hydrogen) atoms. The van der Waals surface area contributed by atoms with E-state index in [1.54, 1.807) is 6.92 Å². The zero-order valence-electron chi connectivity index (χ0n) is 9.76. The molecule has 1 heterocycles. The molecule has 98 valence electrons. The molecule has 0 aliphatic carbocycles. The predicted octanol–water partition coefficient (Wildman–Crippen LogP) is 2.28. The molecule has 0 saturated heterocycles. The Bertz CT molecular complexity index is 585. The van der Waals surface area contributed by atoms with E-state index in [0.29, 0.717) is 4.47 Å². The van der Waals surface area contributed by atoms with Gasteiger partial charge < -0.3 is 0 Å². The van der Waals surface area contributed by atoms with Crippen LogP contribution in [0.15, 0.2) is 21.6 Å². The first-order valence-electron chi connectivity index (χ1n) is 4.96. The van der Waals surface area contributed by atoms with Gasteiger partial charge >= 0.3 is 0 Å². The van der Waals surface area contributed by atoms with Crippen molar-refractivity contribution in [3.05, 3.63) is 21.9 Å². The molecule has 0 radical (unpaired) electrons. The minimum atomic E-state index is -3.74. The van der Waals surface area contributed by atoms with E-state index in [1.807, 2.05) is 6.07 Å². The number of nitriles is 1. The van der Waals surface area contributed by atoms with Gasteiger partial charge in [0, 0.05) is 24.3 Å². The van der Waals surface area contributed by atoms with Crippen LogP contribution in [-0.4, -0.2) is 31.3 Å². The van der Waals surface area contributed by atoms with Crippen LogP contribution in [0.4, 0.5) is 0 Å². The summed E-state index contributed by atoms with van der Waals surface area (Å²) in [5, 5.41) is 8.61. The molecule has 1 aromatic rings. The highest BCUT2D eigenvalue weighted by Gasteiger charge is 2.25. The smallest absolute Gasteiger partial charge is 0.242 e. The van der Waals surface area contributed by atoms with Gasteiger partial charge in [-0.1, -0.05) is 11.6 Å². The highest BCUT2D eigenvalue weighted by atomic mass is 79.9. The molecule has 1 rings (SSSR count). The second-order valence-electron chi connectivity index (χ2n) is 3.76. The molecular formula is C10H11BrClN3O2S. The Kier molecular flexibility index (Phi) is 5.10. The lowest BCUT2D eigenvalue weighted by molar-refractivity contribution is 0.439. The third-order valence-electron chi connectivity index (χ3n) is 2.21. The van der Waals surface area contributed by atoms with Gasteiger partial charge in [0.25, 0.3) is 0 Å². The van der Waals surface area contributed by atoms with E-state index in [9.17, 15) is 8.42 Å². The fraction of sp³-hybridized carbons (Fsp3) is 0.400. The summed E-state index contributed by atoms with van der Waals surface area (Å²) in [7, 11) is -2.34. The lowest BCUT2D eigenvalue weighted by atomic mass is 10.2. The maximum absolute atomic E-state index is 12.2. The summed E-state index contributed by atoms with van der Waals surface area (Å²) in [6, 6.07) is 3.37. The van der Waals surface area contributed by atoms with Gasteiger partial charge in [-0.25, -0.2) is 13.4 Å². The van der Waals surface area contributed by atoms with Crippen molar-refractivity contribution in [1.82, 2.24) is 9.29 Å². The van der Waals surface area contributed by atoms with Gasteiger partial charge in [-0.2, -0.15) is 9.57 Å². The number of pyridine rings is 1. The highest BCUT2D eigenvalue weighted by Crippen LogP contribution is 2.25. The van der Waals surface area contributed by atoms with Gasteiger partial charge in [0.1, 0.15) is 10.0 Å². The van der Waals surface area contributed by atoms with E-state index in [4.69, 9.17) is 16.9 Å². The van der Waals surface area contributed by atoms with Crippen molar-refractivity contribution in [3.63, 3.8) is 0 Å². The van der Waals surface area contributed by atoms with Gasteiger partial charge in [-0.05, 0) is 28.9 Å². The zero-order chi connectivity index (χ0) is 13.9. The number of aromatic nitrogens is 1. The van der Waals surface area contributed by atoms with Crippen LogP contribution in [0, 0.1) is 17.2 Å². The zero-order valence-corrected chi connectivity index (χ0v) is 12.9. The molecule has 1 atom stereocenters. The van der Waals surface area contributed by atoms with E-state index < -0.39 is 15.9 Å². The predicted molar refractivity (Wildman–Crippen MR) is 71.5 cm³/mol. The van der Waals surface area contributed by atoms with Crippen LogP contribution in [0.25, 0.3) is 0 Å². The lowest BCUT2D eigenvalue weighted by Crippen LogP contribution is -2.31. The standard InChI is InChI=1S/C10H11BrClN3O2S/c1-7(4-13)6-15(2)18(16,17)9-3-8(11)5-14-10(9)12/h3,5,7H,6H2,1-2H3. The SMILES string of the molecule is CC(C#N)CN(C)S(=O)(=O)c1cc(Br)cnc1Cl. The number of hydrogen-bond donors (Lipinski definition) is 0. The molecule has 1 aromatic heterocycles. The van der Waals surface area contributed by atoms with E-state index in [-0.39, 0.29) is 16.6 Å². The van der Waals surface area contributed by atoms with E-state index in [1.165, 1.54) is 19.3 Å². The van der Waals surface area contributed by atoms with Crippen molar-refractivity contribution in [1.29, 1.82) is 5.26 Å². The molecule has 0 aliphatic rings. The van der Waals surface area contributed by atoms with Crippen molar-refractivity contribution in [3.8, 4) is 6.07 Å². The Labute approximate surface area is 120 Å². The fourth-order valence-electron chi connectivity index (χ4n) is 1.28. The Morgan fingerprint density at radius 1 is 1.67 bits per heavy atom. The monoisotopic (exact) mass is 351 g/mol. The minimum Gasteiger partial charge on any atom is -0.242 e. The van der Waals surface area contributed by atoms with E-state index >= 15 is 0 Å². The molecular weight excluding hydrogens is 342 g/mol. The summed E-state index contributed by atoms with van der Waals surface area (Å²) in [4.78, 5) is 3.70. The third-order valence-corrected chi connectivity index (χ3v) is 4.90. The largest absolute Gasteiger partial charge is 0.245 e. The lowest BCUT2D eigenvalue weighted by Gasteiger charge is -2.18. The second kappa shape index (κ2) is 5.97. The average Bonchev–Trinajstić information content (AvgIpc) is 2.31. The number of nitrogens with zero attached hydrogens (tertiary/aromatic N) is 3. The maximum atomic E-state index is 12.2. The van der Waals surface area contributed by atoms with Gasteiger partial charge in [0.2, 0.25) is 10.0 Å². The van der Waals surface area contributed by atoms with Crippen molar-refractivity contribution < 1.29 is 8.42 Å². The normalized spacial score (nSPS) is 13.3. The summed E-state index contributed by atoms with van der Waals surface area (Å²) < 4.78 is 26.1. The molecule has 8 heteroatoms. The number of halogens is 2. The average molecular weight is 353 g/mol. The van der Waals surface area contributed by atoms with Crippen LogP contribution < -0.4 is 0 Å². The van der Waals surface area contributed by atoms with Crippen LogP contribution in [0.3, 0.4) is 0 Å². The molecule has 0 amide bonds. The first kappa shape index (κ1) is 15.4. The summed E-state index contributed by atoms with van der Waals surface area (Å²) in [6.07, 6.45) is 1.42. The van der Waals surface area contributed by atoms with Crippen molar-refractivity contribution in [2.75, 3.05) is 13.6 Å². The van der Waals surface area contributed by atoms with Gasteiger partial charge in [0.05, 0.1) is 12.0 Å². The van der Waals surface area contributed by atoms with Crippen molar-refractivity contribution >= 4 is 37.6 Å².